The number of unbranched alkanes of at least 4 members (excludes halogenated alkanes) is 3. The Hall–Kier alpha value is -1.22. The van der Waals surface area contributed by atoms with Crippen LogP contribution in [0.25, 0.3) is 0 Å². The van der Waals surface area contributed by atoms with Gasteiger partial charge in [-0.3, -0.25) is 4.79 Å². The Morgan fingerprint density at radius 3 is 2.61 bits per heavy atom. The first kappa shape index (κ1) is 14.8. The minimum atomic E-state index is 0.585. The van der Waals surface area contributed by atoms with Gasteiger partial charge >= 0.3 is 0 Å². The van der Waals surface area contributed by atoms with Crippen molar-refractivity contribution in [3.05, 3.63) is 23.8 Å². The number of alkyl halides is 1. The number of methoxy groups -OCH3 is 1. The van der Waals surface area contributed by atoms with Gasteiger partial charge in [0.05, 0.1) is 13.7 Å². The van der Waals surface area contributed by atoms with E-state index in [1.165, 1.54) is 0 Å². The number of ether oxygens (including phenoxy) is 2. The predicted octanol–water partition coefficient (Wildman–Crippen LogP) is 3.69. The van der Waals surface area contributed by atoms with Crippen LogP contribution in [-0.2, 0) is 0 Å². The predicted molar refractivity (Wildman–Crippen MR) is 73.1 cm³/mol. The van der Waals surface area contributed by atoms with Crippen LogP contribution in [0.3, 0.4) is 0 Å². The van der Waals surface area contributed by atoms with Gasteiger partial charge in [0.25, 0.3) is 0 Å². The van der Waals surface area contributed by atoms with Crippen molar-refractivity contribution in [2.75, 3.05) is 19.6 Å². The fraction of sp³-hybridized carbons (Fsp3) is 0.500. The molecule has 3 nitrogen and oxygen atoms in total. The lowest BCUT2D eigenvalue weighted by molar-refractivity contribution is 0.112. The fourth-order valence-corrected chi connectivity index (χ4v) is 1.80. The van der Waals surface area contributed by atoms with Gasteiger partial charge in [-0.2, -0.15) is 0 Å². The highest BCUT2D eigenvalue weighted by atomic mass is 35.5. The Balaban J connectivity index is 2.39. The lowest BCUT2D eigenvalue weighted by Gasteiger charge is -2.10. The summed E-state index contributed by atoms with van der Waals surface area (Å²) in [7, 11) is 1.57. The second-order valence-corrected chi connectivity index (χ2v) is 4.36. The topological polar surface area (TPSA) is 35.5 Å². The minimum Gasteiger partial charge on any atom is -0.493 e. The molecular weight excluding hydrogens is 252 g/mol. The quantitative estimate of drug-likeness (QED) is 0.390. The molecule has 1 aromatic carbocycles. The number of benzene rings is 1. The van der Waals surface area contributed by atoms with Crippen LogP contribution in [-0.4, -0.2) is 25.9 Å². The zero-order valence-electron chi connectivity index (χ0n) is 10.7. The average molecular weight is 271 g/mol. The van der Waals surface area contributed by atoms with Crippen LogP contribution in [0, 0.1) is 0 Å². The summed E-state index contributed by atoms with van der Waals surface area (Å²) in [5, 5.41) is 0. The van der Waals surface area contributed by atoms with Gasteiger partial charge in [0.1, 0.15) is 6.29 Å². The molecular formula is C14H19ClO3. The molecule has 0 bridgehead atoms. The highest BCUT2D eigenvalue weighted by Crippen LogP contribution is 2.27. The summed E-state index contributed by atoms with van der Waals surface area (Å²) in [4.78, 5) is 10.6. The Morgan fingerprint density at radius 2 is 1.94 bits per heavy atom. The number of hydrogen-bond donors (Lipinski definition) is 0. The third-order valence-corrected chi connectivity index (χ3v) is 2.88. The van der Waals surface area contributed by atoms with Crippen LogP contribution in [0.4, 0.5) is 0 Å². The molecule has 1 aromatic rings. The van der Waals surface area contributed by atoms with Gasteiger partial charge in [0.2, 0.25) is 0 Å². The van der Waals surface area contributed by atoms with Crippen LogP contribution < -0.4 is 9.47 Å². The maximum absolute atomic E-state index is 10.6. The van der Waals surface area contributed by atoms with Gasteiger partial charge in [0, 0.05) is 11.4 Å². The molecule has 1 rings (SSSR count). The van der Waals surface area contributed by atoms with Crippen molar-refractivity contribution in [1.82, 2.24) is 0 Å². The van der Waals surface area contributed by atoms with Crippen LogP contribution in [0.5, 0.6) is 11.5 Å². The van der Waals surface area contributed by atoms with Crippen molar-refractivity contribution in [3.63, 3.8) is 0 Å². The summed E-state index contributed by atoms with van der Waals surface area (Å²) in [5.74, 6) is 2.00. The van der Waals surface area contributed by atoms with Crippen molar-refractivity contribution >= 4 is 17.9 Å². The van der Waals surface area contributed by atoms with Crippen LogP contribution in [0.2, 0.25) is 0 Å². The molecule has 0 saturated carbocycles. The summed E-state index contributed by atoms with van der Waals surface area (Å²) in [6, 6.07) is 5.16. The SMILES string of the molecule is COc1cc(C=O)ccc1OCCCCCCCl. The van der Waals surface area contributed by atoms with E-state index >= 15 is 0 Å². The molecule has 0 saturated heterocycles. The summed E-state index contributed by atoms with van der Waals surface area (Å²) in [6.07, 6.45) is 5.09. The highest BCUT2D eigenvalue weighted by molar-refractivity contribution is 6.17. The summed E-state index contributed by atoms with van der Waals surface area (Å²) >= 11 is 5.60. The van der Waals surface area contributed by atoms with Crippen LogP contribution in [0.1, 0.15) is 36.0 Å². The Bertz CT molecular complexity index is 366. The molecule has 0 N–H and O–H groups in total. The molecule has 0 amide bonds. The third-order valence-electron chi connectivity index (χ3n) is 2.61. The molecule has 0 unspecified atom stereocenters. The van der Waals surface area contributed by atoms with E-state index in [0.717, 1.165) is 37.8 Å². The number of carbonyl (C=O) groups excluding carboxylic acids is 1. The Kier molecular flexibility index (Phi) is 7.26. The molecule has 0 aliphatic rings. The number of halogens is 1. The van der Waals surface area contributed by atoms with Gasteiger partial charge in [0.15, 0.2) is 11.5 Å². The second kappa shape index (κ2) is 8.81. The molecule has 0 radical (unpaired) electrons. The van der Waals surface area contributed by atoms with E-state index in [-0.39, 0.29) is 0 Å². The summed E-state index contributed by atoms with van der Waals surface area (Å²) in [6.45, 7) is 0.652. The van der Waals surface area contributed by atoms with Crippen molar-refractivity contribution < 1.29 is 14.3 Å². The summed E-state index contributed by atoms with van der Waals surface area (Å²) < 4.78 is 10.8. The third kappa shape index (κ3) is 4.96. The minimum absolute atomic E-state index is 0.585. The van der Waals surface area contributed by atoms with Gasteiger partial charge < -0.3 is 9.47 Å². The normalized spacial score (nSPS) is 10.1. The van der Waals surface area contributed by atoms with E-state index in [1.54, 1.807) is 25.3 Å². The van der Waals surface area contributed by atoms with Gasteiger partial charge in [-0.05, 0) is 31.0 Å². The van der Waals surface area contributed by atoms with Crippen LogP contribution in [0.15, 0.2) is 18.2 Å². The maximum Gasteiger partial charge on any atom is 0.161 e. The average Bonchev–Trinajstić information content (AvgIpc) is 2.42. The molecule has 0 aromatic heterocycles. The Labute approximate surface area is 113 Å². The monoisotopic (exact) mass is 270 g/mol. The van der Waals surface area contributed by atoms with Gasteiger partial charge in [-0.15, -0.1) is 11.6 Å². The van der Waals surface area contributed by atoms with Crippen LogP contribution >= 0.6 is 11.6 Å². The van der Waals surface area contributed by atoms with Gasteiger partial charge in [-0.25, -0.2) is 0 Å². The number of aldehydes is 1. The van der Waals surface area contributed by atoms with Crippen molar-refractivity contribution in [1.29, 1.82) is 0 Å². The summed E-state index contributed by atoms with van der Waals surface area (Å²) in [5.41, 5.74) is 0.585. The molecule has 18 heavy (non-hydrogen) atoms. The van der Waals surface area contributed by atoms with E-state index in [1.807, 2.05) is 0 Å². The molecule has 0 fully saturated rings. The first-order chi connectivity index (χ1) is 8.81. The van der Waals surface area contributed by atoms with E-state index in [4.69, 9.17) is 21.1 Å². The lowest BCUT2D eigenvalue weighted by Crippen LogP contribution is -2.00. The molecule has 0 atom stereocenters. The van der Waals surface area contributed by atoms with E-state index in [9.17, 15) is 4.79 Å². The Morgan fingerprint density at radius 1 is 1.17 bits per heavy atom. The first-order valence-corrected chi connectivity index (χ1v) is 6.67. The highest BCUT2D eigenvalue weighted by Gasteiger charge is 2.05. The van der Waals surface area contributed by atoms with E-state index in [2.05, 4.69) is 0 Å². The van der Waals surface area contributed by atoms with Crippen molar-refractivity contribution in [2.45, 2.75) is 25.7 Å². The zero-order chi connectivity index (χ0) is 13.2. The maximum atomic E-state index is 10.6. The largest absolute Gasteiger partial charge is 0.493 e. The smallest absolute Gasteiger partial charge is 0.161 e. The molecule has 100 valence electrons. The molecule has 0 aliphatic heterocycles. The number of carbonyl (C=O) groups is 1. The standard InChI is InChI=1S/C14H19ClO3/c1-17-14-10-12(11-16)6-7-13(14)18-9-5-3-2-4-8-15/h6-7,10-11H,2-5,8-9H2,1H3. The molecule has 4 heteroatoms. The van der Waals surface area contributed by atoms with Crippen molar-refractivity contribution in [2.24, 2.45) is 0 Å². The second-order valence-electron chi connectivity index (χ2n) is 3.98. The fourth-order valence-electron chi connectivity index (χ4n) is 1.61. The number of rotatable bonds is 9. The molecule has 0 aliphatic carbocycles. The van der Waals surface area contributed by atoms with Crippen molar-refractivity contribution in [3.8, 4) is 11.5 Å². The van der Waals surface area contributed by atoms with E-state index < -0.39 is 0 Å². The molecule has 0 spiro atoms. The lowest BCUT2D eigenvalue weighted by atomic mass is 10.2. The molecule has 0 heterocycles. The van der Waals surface area contributed by atoms with Gasteiger partial charge in [-0.1, -0.05) is 12.8 Å². The number of hydrogen-bond acceptors (Lipinski definition) is 3. The zero-order valence-corrected chi connectivity index (χ0v) is 11.4. The first-order valence-electron chi connectivity index (χ1n) is 6.13. The van der Waals surface area contributed by atoms with E-state index in [0.29, 0.717) is 23.7 Å².